The van der Waals surface area contributed by atoms with Crippen LogP contribution in [0.15, 0.2) is 60.7 Å². The maximum atomic E-state index is 12.4. The molecule has 7 heteroatoms. The van der Waals surface area contributed by atoms with Crippen LogP contribution < -0.4 is 5.32 Å². The fourth-order valence-electron chi connectivity index (χ4n) is 3.14. The molecule has 0 spiro atoms. The number of carbonyl (C=O) groups is 2. The second-order valence-corrected chi connectivity index (χ2v) is 6.80. The number of carbonyl (C=O) groups excluding carboxylic acids is 1. The van der Waals surface area contributed by atoms with Gasteiger partial charge in [-0.05, 0) is 41.0 Å². The zero-order valence-electron chi connectivity index (χ0n) is 15.8. The summed E-state index contributed by atoms with van der Waals surface area (Å²) in [5, 5.41) is 25.2. The van der Waals surface area contributed by atoms with Crippen molar-refractivity contribution < 1.29 is 19.6 Å². The molecular weight excluding hydrogens is 372 g/mol. The first kappa shape index (κ1) is 20.0. The minimum absolute atomic E-state index is 0.0471. The van der Waals surface area contributed by atoms with Crippen LogP contribution in [0.1, 0.15) is 40.9 Å². The van der Waals surface area contributed by atoms with E-state index in [1.54, 1.807) is 0 Å². The van der Waals surface area contributed by atoms with Crippen LogP contribution in [0.3, 0.4) is 0 Å². The number of carboxylic acid groups (broad SMARTS) is 1. The van der Waals surface area contributed by atoms with Crippen molar-refractivity contribution in [2.75, 3.05) is 5.32 Å². The van der Waals surface area contributed by atoms with Gasteiger partial charge in [-0.3, -0.25) is 14.9 Å². The van der Waals surface area contributed by atoms with Crippen molar-refractivity contribution in [2.24, 2.45) is 0 Å². The third-order valence-electron chi connectivity index (χ3n) is 4.80. The fraction of sp³-hybridized carbons (Fsp3) is 0.182. The van der Waals surface area contributed by atoms with E-state index in [-0.39, 0.29) is 29.1 Å². The molecule has 0 aliphatic rings. The Labute approximate surface area is 167 Å². The standard InChI is InChI=1S/C22H20N2O5/c1-14(24(28)29)19-10-9-18(22(26)27)13-20(19)23-21(25)11-7-15-6-8-16-4-2-3-5-17(16)12-15/h2-6,8-10,12-14H,7,11H2,1H3,(H,23,25)(H,26,27). The summed E-state index contributed by atoms with van der Waals surface area (Å²) in [7, 11) is 0. The monoisotopic (exact) mass is 392 g/mol. The van der Waals surface area contributed by atoms with E-state index in [0.717, 1.165) is 16.3 Å². The smallest absolute Gasteiger partial charge is 0.335 e. The van der Waals surface area contributed by atoms with Gasteiger partial charge in [0, 0.05) is 23.8 Å². The Hall–Kier alpha value is -3.74. The summed E-state index contributed by atoms with van der Waals surface area (Å²) in [6, 6.07) is 16.7. The molecular formula is C22H20N2O5. The number of carboxylic acids is 1. The minimum atomic E-state index is -1.17. The van der Waals surface area contributed by atoms with Crippen molar-refractivity contribution >= 4 is 28.3 Å². The highest BCUT2D eigenvalue weighted by Gasteiger charge is 2.22. The predicted octanol–water partition coefficient (Wildman–Crippen LogP) is 4.45. The van der Waals surface area contributed by atoms with E-state index in [1.807, 2.05) is 42.5 Å². The molecule has 3 aromatic carbocycles. The Morgan fingerprint density at radius 1 is 1.07 bits per heavy atom. The van der Waals surface area contributed by atoms with E-state index in [0.29, 0.717) is 6.42 Å². The molecule has 0 saturated heterocycles. The Balaban J connectivity index is 1.75. The lowest BCUT2D eigenvalue weighted by Gasteiger charge is -2.13. The number of nitrogens with zero attached hydrogens (tertiary/aromatic N) is 1. The highest BCUT2D eigenvalue weighted by atomic mass is 16.6. The van der Waals surface area contributed by atoms with Crippen LogP contribution in [0.25, 0.3) is 10.8 Å². The third-order valence-corrected chi connectivity index (χ3v) is 4.80. The zero-order chi connectivity index (χ0) is 21.0. The number of anilines is 1. The van der Waals surface area contributed by atoms with Crippen molar-refractivity contribution in [3.8, 4) is 0 Å². The molecule has 0 aliphatic heterocycles. The number of nitrogens with one attached hydrogen (secondary N) is 1. The fourth-order valence-corrected chi connectivity index (χ4v) is 3.14. The van der Waals surface area contributed by atoms with E-state index in [4.69, 9.17) is 0 Å². The van der Waals surface area contributed by atoms with Crippen molar-refractivity contribution in [2.45, 2.75) is 25.8 Å². The Morgan fingerprint density at radius 2 is 1.79 bits per heavy atom. The normalized spacial score (nSPS) is 11.8. The molecule has 0 heterocycles. The second-order valence-electron chi connectivity index (χ2n) is 6.80. The molecule has 0 fully saturated rings. The molecule has 2 N–H and O–H groups in total. The highest BCUT2D eigenvalue weighted by molar-refractivity contribution is 5.95. The number of hydrogen-bond donors (Lipinski definition) is 2. The van der Waals surface area contributed by atoms with Gasteiger partial charge >= 0.3 is 5.97 Å². The van der Waals surface area contributed by atoms with Crippen LogP contribution in [-0.4, -0.2) is 21.9 Å². The van der Waals surface area contributed by atoms with Gasteiger partial charge in [0.1, 0.15) is 0 Å². The molecule has 1 unspecified atom stereocenters. The average molecular weight is 392 g/mol. The van der Waals surface area contributed by atoms with Gasteiger partial charge in [0.25, 0.3) is 0 Å². The lowest BCUT2D eigenvalue weighted by atomic mass is 10.0. The number of fused-ring (bicyclic) bond motifs is 1. The first-order valence-electron chi connectivity index (χ1n) is 9.13. The number of benzene rings is 3. The van der Waals surface area contributed by atoms with Crippen molar-refractivity contribution in [3.05, 3.63) is 87.5 Å². The Bertz CT molecular complexity index is 1090. The SMILES string of the molecule is CC(c1ccc(C(=O)O)cc1NC(=O)CCc1ccc2ccccc2c1)[N+](=O)[O-]. The number of hydrogen-bond acceptors (Lipinski definition) is 4. The van der Waals surface area contributed by atoms with E-state index in [1.165, 1.54) is 25.1 Å². The molecule has 0 saturated carbocycles. The molecule has 148 valence electrons. The topological polar surface area (TPSA) is 110 Å². The number of aryl methyl sites for hydroxylation is 1. The molecule has 0 aromatic heterocycles. The summed E-state index contributed by atoms with van der Waals surface area (Å²) in [6.45, 7) is 1.39. The van der Waals surface area contributed by atoms with Gasteiger partial charge in [0.05, 0.1) is 11.3 Å². The van der Waals surface area contributed by atoms with Crippen LogP contribution in [0.2, 0.25) is 0 Å². The largest absolute Gasteiger partial charge is 0.478 e. The first-order chi connectivity index (χ1) is 13.8. The van der Waals surface area contributed by atoms with E-state index in [9.17, 15) is 24.8 Å². The van der Waals surface area contributed by atoms with Crippen LogP contribution in [0.4, 0.5) is 5.69 Å². The summed E-state index contributed by atoms with van der Waals surface area (Å²) >= 11 is 0. The lowest BCUT2D eigenvalue weighted by molar-refractivity contribution is -0.524. The third kappa shape index (κ3) is 4.76. The predicted molar refractivity (Wildman–Crippen MR) is 110 cm³/mol. The van der Waals surface area contributed by atoms with Crippen LogP contribution in [0.5, 0.6) is 0 Å². The molecule has 7 nitrogen and oxygen atoms in total. The number of rotatable bonds is 7. The minimum Gasteiger partial charge on any atom is -0.478 e. The van der Waals surface area contributed by atoms with E-state index >= 15 is 0 Å². The van der Waals surface area contributed by atoms with Crippen LogP contribution >= 0.6 is 0 Å². The number of aromatic carboxylic acids is 1. The van der Waals surface area contributed by atoms with Gasteiger partial charge in [-0.15, -0.1) is 0 Å². The molecule has 3 aromatic rings. The van der Waals surface area contributed by atoms with Crippen LogP contribution in [0, 0.1) is 10.1 Å². The van der Waals surface area contributed by atoms with Gasteiger partial charge in [0.2, 0.25) is 11.9 Å². The summed E-state index contributed by atoms with van der Waals surface area (Å²) in [4.78, 5) is 34.3. The second kappa shape index (κ2) is 8.52. The van der Waals surface area contributed by atoms with Crippen molar-refractivity contribution in [3.63, 3.8) is 0 Å². The number of amides is 1. The molecule has 0 bridgehead atoms. The molecule has 1 amide bonds. The first-order valence-corrected chi connectivity index (χ1v) is 9.13. The summed E-state index contributed by atoms with van der Waals surface area (Å²) in [5.74, 6) is -1.51. The lowest BCUT2D eigenvalue weighted by Crippen LogP contribution is -2.17. The van der Waals surface area contributed by atoms with Gasteiger partial charge in [0.15, 0.2) is 0 Å². The van der Waals surface area contributed by atoms with E-state index in [2.05, 4.69) is 5.32 Å². The number of nitro groups is 1. The summed E-state index contributed by atoms with van der Waals surface area (Å²) < 4.78 is 0. The Morgan fingerprint density at radius 3 is 2.48 bits per heavy atom. The summed E-state index contributed by atoms with van der Waals surface area (Å²) in [6.07, 6.45) is 0.664. The van der Waals surface area contributed by atoms with Crippen LogP contribution in [-0.2, 0) is 11.2 Å². The van der Waals surface area contributed by atoms with Gasteiger partial charge in [-0.2, -0.15) is 0 Å². The van der Waals surface area contributed by atoms with Crippen molar-refractivity contribution in [1.29, 1.82) is 0 Å². The Kier molecular flexibility index (Phi) is 5.87. The molecule has 0 aliphatic carbocycles. The van der Waals surface area contributed by atoms with E-state index < -0.39 is 16.9 Å². The maximum Gasteiger partial charge on any atom is 0.335 e. The van der Waals surface area contributed by atoms with Gasteiger partial charge in [-0.25, -0.2) is 4.79 Å². The molecule has 3 rings (SSSR count). The van der Waals surface area contributed by atoms with Gasteiger partial charge < -0.3 is 10.4 Å². The molecule has 0 radical (unpaired) electrons. The average Bonchev–Trinajstić information content (AvgIpc) is 2.71. The summed E-state index contributed by atoms with van der Waals surface area (Å²) in [5.41, 5.74) is 1.36. The van der Waals surface area contributed by atoms with Gasteiger partial charge in [-0.1, -0.05) is 42.5 Å². The highest BCUT2D eigenvalue weighted by Crippen LogP contribution is 2.27. The molecule has 1 atom stereocenters. The maximum absolute atomic E-state index is 12.4. The van der Waals surface area contributed by atoms with Crippen molar-refractivity contribution in [1.82, 2.24) is 0 Å². The quantitative estimate of drug-likeness (QED) is 0.456. The zero-order valence-corrected chi connectivity index (χ0v) is 15.8. The molecule has 29 heavy (non-hydrogen) atoms.